The fraction of sp³-hybridized carbons (Fsp3) is 0.294. The minimum absolute atomic E-state index is 0.453. The molecule has 2 heteroatoms. The zero-order chi connectivity index (χ0) is 13.8. The quantitative estimate of drug-likeness (QED) is 0.471. The van der Waals surface area contributed by atoms with Crippen molar-refractivity contribution in [1.29, 1.82) is 0 Å². The first-order valence-corrected chi connectivity index (χ1v) is 10.9. The summed E-state index contributed by atoms with van der Waals surface area (Å²) in [5, 5.41) is 2.69. The van der Waals surface area contributed by atoms with Gasteiger partial charge < -0.3 is 0 Å². The van der Waals surface area contributed by atoms with Gasteiger partial charge in [-0.3, -0.25) is 0 Å². The molecule has 98 valence electrons. The third-order valence-electron chi connectivity index (χ3n) is 4.08. The molecule has 2 aromatic carbocycles. The lowest BCUT2D eigenvalue weighted by molar-refractivity contribution is 1.10. The summed E-state index contributed by atoms with van der Waals surface area (Å²) in [5.41, 5.74) is 6.02. The molecule has 0 nitrogen and oxygen atoms in total. The molecule has 0 amide bonds. The molecule has 0 fully saturated rings. The number of allylic oxidation sites excluding steroid dienone is 1. The molecule has 0 saturated carbocycles. The lowest BCUT2D eigenvalue weighted by Gasteiger charge is -2.25. The molecule has 0 heterocycles. The molecule has 0 N–H and O–H groups in total. The summed E-state index contributed by atoms with van der Waals surface area (Å²) in [6, 6.07) is 11.2. The summed E-state index contributed by atoms with van der Waals surface area (Å²) in [7, 11) is -1.74. The van der Waals surface area contributed by atoms with Gasteiger partial charge in [0, 0.05) is 5.54 Å². The van der Waals surface area contributed by atoms with Crippen LogP contribution in [0.15, 0.2) is 35.9 Å². The zero-order valence-corrected chi connectivity index (χ0v) is 13.7. The summed E-state index contributed by atoms with van der Waals surface area (Å²) in [4.78, 5) is 0. The van der Waals surface area contributed by atoms with Crippen LogP contribution >= 0.6 is 11.1 Å². The lowest BCUT2D eigenvalue weighted by atomic mass is 9.99. The Balaban J connectivity index is 2.31. The highest BCUT2D eigenvalue weighted by molar-refractivity contribution is 7.20. The van der Waals surface area contributed by atoms with E-state index in [1.807, 2.05) is 0 Å². The van der Waals surface area contributed by atoms with E-state index in [0.717, 1.165) is 0 Å². The van der Waals surface area contributed by atoms with Gasteiger partial charge in [0.25, 0.3) is 0 Å². The number of hydrogen-bond acceptors (Lipinski definition) is 0. The minimum Gasteiger partial charge on any atom is -0.167 e. The Bertz CT molecular complexity index is 692. The van der Waals surface area contributed by atoms with Crippen LogP contribution in [0, 0.1) is 6.92 Å². The van der Waals surface area contributed by atoms with E-state index >= 15 is 0 Å². The van der Waals surface area contributed by atoms with E-state index in [1.165, 1.54) is 33.0 Å². The largest absolute Gasteiger partial charge is 0.167 e. The SMILES string of the molecule is CC1=Cc2c(ccc3ccc(C)cc23)C1[Si](C)(C)Cl. The summed E-state index contributed by atoms with van der Waals surface area (Å²) >= 11 is 6.74. The number of fused-ring (bicyclic) bond motifs is 3. The predicted octanol–water partition coefficient (Wildman–Crippen LogP) is 5.63. The van der Waals surface area contributed by atoms with Gasteiger partial charge in [0.1, 0.15) is 0 Å². The van der Waals surface area contributed by atoms with Crippen LogP contribution in [0.2, 0.25) is 13.1 Å². The van der Waals surface area contributed by atoms with Gasteiger partial charge in [-0.05, 0) is 35.7 Å². The van der Waals surface area contributed by atoms with Crippen LogP contribution in [0.3, 0.4) is 0 Å². The van der Waals surface area contributed by atoms with Crippen molar-refractivity contribution >= 4 is 35.3 Å². The van der Waals surface area contributed by atoms with Crippen LogP contribution in [0.5, 0.6) is 0 Å². The lowest BCUT2D eigenvalue weighted by Crippen LogP contribution is -2.28. The molecule has 19 heavy (non-hydrogen) atoms. The highest BCUT2D eigenvalue weighted by Crippen LogP contribution is 2.45. The van der Waals surface area contributed by atoms with E-state index in [0.29, 0.717) is 5.54 Å². The highest BCUT2D eigenvalue weighted by atomic mass is 35.6. The molecule has 1 atom stereocenters. The molecule has 1 aliphatic carbocycles. The van der Waals surface area contributed by atoms with E-state index in [2.05, 4.69) is 63.3 Å². The normalized spacial score (nSPS) is 18.6. The third-order valence-corrected chi connectivity index (χ3v) is 6.87. The Kier molecular flexibility index (Phi) is 2.88. The Morgan fingerprint density at radius 2 is 1.74 bits per heavy atom. The van der Waals surface area contributed by atoms with E-state index in [1.54, 1.807) is 0 Å². The van der Waals surface area contributed by atoms with Crippen molar-refractivity contribution in [3.63, 3.8) is 0 Å². The number of rotatable bonds is 1. The topological polar surface area (TPSA) is 0 Å². The number of benzene rings is 2. The van der Waals surface area contributed by atoms with Gasteiger partial charge in [-0.25, -0.2) is 0 Å². The standard InChI is InChI=1S/C17H19ClSi/c1-11-5-6-13-7-8-14-16(15(13)9-11)10-12(2)17(14)19(3,4)18/h5-10,17H,1-4H3. The number of aryl methyl sites for hydroxylation is 1. The summed E-state index contributed by atoms with van der Waals surface area (Å²) in [6.07, 6.45) is 2.35. The van der Waals surface area contributed by atoms with E-state index in [9.17, 15) is 0 Å². The first-order chi connectivity index (χ1) is 8.88. The summed E-state index contributed by atoms with van der Waals surface area (Å²) in [6.45, 7) is 8.86. The van der Waals surface area contributed by atoms with Crippen LogP contribution in [0.4, 0.5) is 0 Å². The van der Waals surface area contributed by atoms with Crippen molar-refractivity contribution in [3.05, 3.63) is 52.6 Å². The monoisotopic (exact) mass is 286 g/mol. The van der Waals surface area contributed by atoms with E-state index < -0.39 is 7.38 Å². The van der Waals surface area contributed by atoms with Crippen molar-refractivity contribution < 1.29 is 0 Å². The Labute approximate surface area is 120 Å². The third kappa shape index (κ3) is 2.05. The summed E-state index contributed by atoms with van der Waals surface area (Å²) < 4.78 is 0. The Morgan fingerprint density at radius 3 is 2.42 bits per heavy atom. The van der Waals surface area contributed by atoms with Crippen molar-refractivity contribution in [2.45, 2.75) is 32.5 Å². The molecule has 2 aromatic rings. The molecule has 0 aliphatic heterocycles. The zero-order valence-electron chi connectivity index (χ0n) is 11.9. The first-order valence-electron chi connectivity index (χ1n) is 6.78. The molecule has 0 bridgehead atoms. The van der Waals surface area contributed by atoms with Crippen LogP contribution in [-0.4, -0.2) is 7.38 Å². The van der Waals surface area contributed by atoms with Gasteiger partial charge in [0.15, 0.2) is 7.38 Å². The van der Waals surface area contributed by atoms with Crippen LogP contribution < -0.4 is 0 Å². The van der Waals surface area contributed by atoms with Crippen molar-refractivity contribution in [3.8, 4) is 0 Å². The molecule has 3 rings (SSSR count). The molecule has 0 aromatic heterocycles. The van der Waals surface area contributed by atoms with Gasteiger partial charge in [0.2, 0.25) is 0 Å². The van der Waals surface area contributed by atoms with E-state index in [-0.39, 0.29) is 0 Å². The maximum absolute atomic E-state index is 6.74. The van der Waals surface area contributed by atoms with Gasteiger partial charge in [-0.2, -0.15) is 11.1 Å². The van der Waals surface area contributed by atoms with Gasteiger partial charge >= 0.3 is 0 Å². The second kappa shape index (κ2) is 4.22. The van der Waals surface area contributed by atoms with E-state index in [4.69, 9.17) is 11.1 Å². The predicted molar refractivity (Wildman–Crippen MR) is 88.4 cm³/mol. The van der Waals surface area contributed by atoms with Crippen molar-refractivity contribution in [2.24, 2.45) is 0 Å². The number of hydrogen-bond donors (Lipinski definition) is 0. The summed E-state index contributed by atoms with van der Waals surface area (Å²) in [5.74, 6) is 0. The highest BCUT2D eigenvalue weighted by Gasteiger charge is 2.37. The average Bonchev–Trinajstić information content (AvgIpc) is 2.65. The van der Waals surface area contributed by atoms with Crippen LogP contribution in [-0.2, 0) is 0 Å². The maximum Gasteiger partial charge on any atom is 0.161 e. The molecule has 0 radical (unpaired) electrons. The first kappa shape index (κ1) is 13.0. The van der Waals surface area contributed by atoms with Gasteiger partial charge in [-0.15, -0.1) is 0 Å². The maximum atomic E-state index is 6.74. The average molecular weight is 287 g/mol. The fourth-order valence-corrected chi connectivity index (χ4v) is 6.38. The van der Waals surface area contributed by atoms with Crippen molar-refractivity contribution in [2.75, 3.05) is 0 Å². The molecular weight excluding hydrogens is 268 g/mol. The van der Waals surface area contributed by atoms with Crippen LogP contribution in [0.25, 0.3) is 16.8 Å². The fourth-order valence-electron chi connectivity index (χ4n) is 3.35. The molecular formula is C17H19ClSi. The smallest absolute Gasteiger partial charge is 0.161 e. The Morgan fingerprint density at radius 1 is 1.05 bits per heavy atom. The molecule has 1 aliphatic rings. The Hall–Kier alpha value is -1.05. The van der Waals surface area contributed by atoms with Crippen molar-refractivity contribution in [1.82, 2.24) is 0 Å². The second-order valence-electron chi connectivity index (χ2n) is 6.18. The molecule has 0 spiro atoms. The van der Waals surface area contributed by atoms with Gasteiger partial charge in [0.05, 0.1) is 0 Å². The van der Waals surface area contributed by atoms with Crippen LogP contribution in [0.1, 0.15) is 29.2 Å². The molecule has 1 unspecified atom stereocenters. The number of halogens is 1. The molecule has 0 saturated heterocycles. The minimum atomic E-state index is -1.74. The second-order valence-corrected chi connectivity index (χ2v) is 12.8. The van der Waals surface area contributed by atoms with Gasteiger partial charge in [-0.1, -0.05) is 60.6 Å².